The van der Waals surface area contributed by atoms with Crippen molar-refractivity contribution in [2.75, 3.05) is 24.5 Å². The van der Waals surface area contributed by atoms with Gasteiger partial charge in [0.05, 0.1) is 10.5 Å². The maximum Gasteiger partial charge on any atom is 0.417 e. The molecule has 2 aliphatic rings. The first-order valence-corrected chi connectivity index (χ1v) is 11.4. The summed E-state index contributed by atoms with van der Waals surface area (Å²) in [6.45, 7) is 4.89. The van der Waals surface area contributed by atoms with Crippen molar-refractivity contribution in [3.05, 3.63) is 53.2 Å². The topological polar surface area (TPSA) is 53.5 Å². The first-order chi connectivity index (χ1) is 14.1. The summed E-state index contributed by atoms with van der Waals surface area (Å²) in [5, 5.41) is 0. The number of benzene rings is 1. The van der Waals surface area contributed by atoms with E-state index in [1.165, 1.54) is 15.9 Å². The van der Waals surface area contributed by atoms with Crippen molar-refractivity contribution in [3.63, 3.8) is 0 Å². The van der Waals surface area contributed by atoms with Crippen molar-refractivity contribution in [2.24, 2.45) is 0 Å². The number of pyridine rings is 1. The molecule has 1 saturated heterocycles. The first kappa shape index (κ1) is 21.1. The molecule has 2 heterocycles. The van der Waals surface area contributed by atoms with Gasteiger partial charge < -0.3 is 4.90 Å². The van der Waals surface area contributed by atoms with E-state index in [2.05, 4.69) is 11.9 Å². The summed E-state index contributed by atoms with van der Waals surface area (Å²) >= 11 is 0. The predicted octanol–water partition coefficient (Wildman–Crippen LogP) is 4.05. The van der Waals surface area contributed by atoms with Crippen molar-refractivity contribution in [2.45, 2.75) is 49.7 Å². The van der Waals surface area contributed by atoms with Gasteiger partial charge in [-0.3, -0.25) is 0 Å². The van der Waals surface area contributed by atoms with Gasteiger partial charge in [-0.25, -0.2) is 13.4 Å². The average Bonchev–Trinajstić information content (AvgIpc) is 3.07. The van der Waals surface area contributed by atoms with Crippen LogP contribution in [0.4, 0.5) is 19.0 Å². The third-order valence-electron chi connectivity index (χ3n) is 6.07. The number of nitrogens with zero attached hydrogens (tertiary/aromatic N) is 3. The maximum atomic E-state index is 13.3. The zero-order valence-electron chi connectivity index (χ0n) is 16.9. The summed E-state index contributed by atoms with van der Waals surface area (Å²) in [7, 11) is -3.65. The number of hydrogen-bond acceptors (Lipinski definition) is 4. The summed E-state index contributed by atoms with van der Waals surface area (Å²) < 4.78 is 66.3. The van der Waals surface area contributed by atoms with Crippen LogP contribution >= 0.6 is 0 Å². The lowest BCUT2D eigenvalue weighted by atomic mass is 10.0. The predicted molar refractivity (Wildman–Crippen MR) is 108 cm³/mol. The Morgan fingerprint density at radius 2 is 1.87 bits per heavy atom. The van der Waals surface area contributed by atoms with Gasteiger partial charge in [-0.05, 0) is 61.1 Å². The third kappa shape index (κ3) is 3.80. The Hall–Kier alpha value is -2.13. The Morgan fingerprint density at radius 1 is 1.10 bits per heavy atom. The lowest BCUT2D eigenvalue weighted by molar-refractivity contribution is -0.137. The standard InChI is InChI=1S/C21H24F3N3O2S/c1-14-3-4-16-5-7-18(11-19(14)16)30(28,29)27-10-9-26(13-15(27)2)20-8-6-17(12-25-20)21(22,23)24/h5-8,11-12,14-15H,3-4,9-10,13H2,1-2H3. The van der Waals surface area contributed by atoms with Crippen molar-refractivity contribution < 1.29 is 21.6 Å². The molecule has 2 unspecified atom stereocenters. The number of halogens is 3. The van der Waals surface area contributed by atoms with E-state index >= 15 is 0 Å². The molecule has 162 valence electrons. The molecule has 1 aliphatic carbocycles. The van der Waals surface area contributed by atoms with E-state index in [9.17, 15) is 21.6 Å². The van der Waals surface area contributed by atoms with E-state index in [0.717, 1.165) is 30.7 Å². The smallest absolute Gasteiger partial charge is 0.354 e. The second kappa shape index (κ2) is 7.53. The molecule has 0 bridgehead atoms. The highest BCUT2D eigenvalue weighted by molar-refractivity contribution is 7.89. The number of rotatable bonds is 3. The Morgan fingerprint density at radius 3 is 2.50 bits per heavy atom. The molecule has 0 N–H and O–H groups in total. The summed E-state index contributed by atoms with van der Waals surface area (Å²) in [4.78, 5) is 6.06. The van der Waals surface area contributed by atoms with Crippen LogP contribution in [0.5, 0.6) is 0 Å². The molecule has 1 aliphatic heterocycles. The minimum Gasteiger partial charge on any atom is -0.354 e. The number of aromatic nitrogens is 1. The van der Waals surface area contributed by atoms with Gasteiger partial charge in [-0.15, -0.1) is 0 Å². The second-order valence-electron chi connectivity index (χ2n) is 8.11. The first-order valence-electron chi connectivity index (χ1n) is 10.0. The van der Waals surface area contributed by atoms with Crippen LogP contribution in [0, 0.1) is 0 Å². The molecule has 1 aromatic carbocycles. The fourth-order valence-corrected chi connectivity index (χ4v) is 5.98. The van der Waals surface area contributed by atoms with E-state index in [0.29, 0.717) is 29.7 Å². The summed E-state index contributed by atoms with van der Waals surface area (Å²) in [6.07, 6.45) is -1.60. The minimum atomic E-state index is -4.43. The molecule has 0 radical (unpaired) electrons. The molecule has 30 heavy (non-hydrogen) atoms. The Labute approximate surface area is 174 Å². The van der Waals surface area contributed by atoms with Crippen LogP contribution in [-0.2, 0) is 22.6 Å². The van der Waals surface area contributed by atoms with E-state index in [4.69, 9.17) is 0 Å². The lowest BCUT2D eigenvalue weighted by Crippen LogP contribution is -2.54. The quantitative estimate of drug-likeness (QED) is 0.724. The van der Waals surface area contributed by atoms with E-state index in [1.807, 2.05) is 17.9 Å². The lowest BCUT2D eigenvalue weighted by Gasteiger charge is -2.39. The molecule has 9 heteroatoms. The normalized spacial score (nSPS) is 22.9. The van der Waals surface area contributed by atoms with Crippen LogP contribution < -0.4 is 4.90 Å². The third-order valence-corrected chi connectivity index (χ3v) is 8.08. The molecule has 0 spiro atoms. The molecule has 4 rings (SSSR count). The average molecular weight is 440 g/mol. The van der Waals surface area contributed by atoms with E-state index in [1.54, 1.807) is 12.1 Å². The summed E-state index contributed by atoms with van der Waals surface area (Å²) in [5.41, 5.74) is 1.52. The van der Waals surface area contributed by atoms with E-state index in [-0.39, 0.29) is 12.6 Å². The highest BCUT2D eigenvalue weighted by atomic mass is 32.2. The highest BCUT2D eigenvalue weighted by Crippen LogP contribution is 2.35. The van der Waals surface area contributed by atoms with Crippen LogP contribution in [0.3, 0.4) is 0 Å². The van der Waals surface area contributed by atoms with Crippen molar-refractivity contribution in [1.82, 2.24) is 9.29 Å². The van der Waals surface area contributed by atoms with Crippen LogP contribution in [0.25, 0.3) is 0 Å². The summed E-state index contributed by atoms with van der Waals surface area (Å²) in [6, 6.07) is 7.41. The van der Waals surface area contributed by atoms with Crippen molar-refractivity contribution in [3.8, 4) is 0 Å². The fourth-order valence-electron chi connectivity index (χ4n) is 4.33. The van der Waals surface area contributed by atoms with Gasteiger partial charge in [0.25, 0.3) is 0 Å². The Kier molecular flexibility index (Phi) is 5.30. The molecule has 1 aromatic heterocycles. The SMILES string of the molecule is CC1CCc2ccc(S(=O)(=O)N3CCN(c4ccc(C(F)(F)F)cn4)CC3C)cc21. The number of alkyl halides is 3. The molecule has 5 nitrogen and oxygen atoms in total. The second-order valence-corrected chi connectivity index (χ2v) is 10.0. The van der Waals surface area contributed by atoms with Gasteiger partial charge in [0.15, 0.2) is 0 Å². The molecule has 0 saturated carbocycles. The number of piperazine rings is 1. The number of hydrogen-bond donors (Lipinski definition) is 0. The monoisotopic (exact) mass is 439 g/mol. The maximum absolute atomic E-state index is 13.3. The van der Waals surface area contributed by atoms with Crippen LogP contribution in [-0.4, -0.2) is 43.4 Å². The molecule has 1 fully saturated rings. The highest BCUT2D eigenvalue weighted by Gasteiger charge is 2.36. The molecule has 2 atom stereocenters. The number of fused-ring (bicyclic) bond motifs is 1. The number of aryl methyl sites for hydroxylation is 1. The van der Waals surface area contributed by atoms with Crippen molar-refractivity contribution in [1.29, 1.82) is 0 Å². The zero-order chi connectivity index (χ0) is 21.7. The Balaban J connectivity index is 1.51. The van der Waals surface area contributed by atoms with Gasteiger partial charge in [0.1, 0.15) is 5.82 Å². The van der Waals surface area contributed by atoms with Crippen LogP contribution in [0.2, 0.25) is 0 Å². The molecule has 2 aromatic rings. The zero-order valence-corrected chi connectivity index (χ0v) is 17.7. The number of sulfonamides is 1. The largest absolute Gasteiger partial charge is 0.417 e. The van der Waals surface area contributed by atoms with Crippen molar-refractivity contribution >= 4 is 15.8 Å². The fraction of sp³-hybridized carbons (Fsp3) is 0.476. The van der Waals surface area contributed by atoms with Crippen LogP contribution in [0.15, 0.2) is 41.4 Å². The van der Waals surface area contributed by atoms with Gasteiger partial charge in [0, 0.05) is 31.9 Å². The molecular formula is C21H24F3N3O2S. The molecule has 0 amide bonds. The van der Waals surface area contributed by atoms with Gasteiger partial charge >= 0.3 is 6.18 Å². The van der Waals surface area contributed by atoms with Crippen LogP contribution in [0.1, 0.15) is 42.9 Å². The molecular weight excluding hydrogens is 415 g/mol. The van der Waals surface area contributed by atoms with E-state index < -0.39 is 21.8 Å². The van der Waals surface area contributed by atoms with Gasteiger partial charge in [-0.1, -0.05) is 13.0 Å². The van der Waals surface area contributed by atoms with Gasteiger partial charge in [0.2, 0.25) is 10.0 Å². The Bertz CT molecular complexity index is 1040. The van der Waals surface area contributed by atoms with Gasteiger partial charge in [-0.2, -0.15) is 17.5 Å². The summed E-state index contributed by atoms with van der Waals surface area (Å²) in [5.74, 6) is 0.772. The minimum absolute atomic E-state index is 0.249. The number of anilines is 1.